The van der Waals surface area contributed by atoms with Gasteiger partial charge < -0.3 is 4.90 Å². The average Bonchev–Trinajstić information content (AvgIpc) is 2.85. The number of carbonyl (C=O) groups excluding carboxylic acids is 1. The number of amides is 1. The van der Waals surface area contributed by atoms with Crippen molar-refractivity contribution in [2.45, 2.75) is 31.7 Å². The SMILES string of the molecule is CN(C(=O)c1csc(I)c1)C1CCCC1. The van der Waals surface area contributed by atoms with Crippen molar-refractivity contribution < 1.29 is 4.79 Å². The molecule has 0 saturated heterocycles. The molecule has 0 aromatic carbocycles. The van der Waals surface area contributed by atoms with Gasteiger partial charge in [-0.05, 0) is 41.5 Å². The van der Waals surface area contributed by atoms with Gasteiger partial charge in [-0.25, -0.2) is 0 Å². The van der Waals surface area contributed by atoms with Crippen molar-refractivity contribution in [1.29, 1.82) is 0 Å². The summed E-state index contributed by atoms with van der Waals surface area (Å²) < 4.78 is 1.18. The van der Waals surface area contributed by atoms with E-state index >= 15 is 0 Å². The zero-order valence-corrected chi connectivity index (χ0v) is 11.7. The summed E-state index contributed by atoms with van der Waals surface area (Å²) in [6, 6.07) is 2.44. The van der Waals surface area contributed by atoms with E-state index in [4.69, 9.17) is 0 Å². The van der Waals surface area contributed by atoms with Crippen molar-refractivity contribution in [2.24, 2.45) is 0 Å². The quantitative estimate of drug-likeness (QED) is 0.759. The second-order valence-corrected chi connectivity index (χ2v) is 6.80. The number of halogens is 1. The third-order valence-electron chi connectivity index (χ3n) is 3.01. The Morgan fingerprint density at radius 3 is 2.73 bits per heavy atom. The highest BCUT2D eigenvalue weighted by atomic mass is 127. The second-order valence-electron chi connectivity index (χ2n) is 3.99. The van der Waals surface area contributed by atoms with Crippen LogP contribution in [0.4, 0.5) is 0 Å². The van der Waals surface area contributed by atoms with Gasteiger partial charge in [0.15, 0.2) is 0 Å². The predicted molar refractivity (Wildman–Crippen MR) is 71.4 cm³/mol. The Morgan fingerprint density at radius 1 is 1.53 bits per heavy atom. The van der Waals surface area contributed by atoms with E-state index in [2.05, 4.69) is 22.6 Å². The molecule has 0 bridgehead atoms. The standard InChI is InChI=1S/C11H14INOS/c1-13(9-4-2-3-5-9)11(14)8-6-10(12)15-7-8/h6-7,9H,2-5H2,1H3. The molecule has 0 spiro atoms. The number of thiophene rings is 1. The van der Waals surface area contributed by atoms with Crippen molar-refractivity contribution in [1.82, 2.24) is 4.90 Å². The summed E-state index contributed by atoms with van der Waals surface area (Å²) in [5.74, 6) is 0.182. The molecule has 2 nitrogen and oxygen atoms in total. The van der Waals surface area contributed by atoms with Crippen LogP contribution >= 0.6 is 33.9 Å². The highest BCUT2D eigenvalue weighted by Gasteiger charge is 2.24. The van der Waals surface area contributed by atoms with Gasteiger partial charge in [-0.1, -0.05) is 12.8 Å². The molecule has 1 saturated carbocycles. The van der Waals surface area contributed by atoms with Crippen LogP contribution in [0.5, 0.6) is 0 Å². The molecule has 1 heterocycles. The lowest BCUT2D eigenvalue weighted by atomic mass is 10.2. The Labute approximate surface area is 108 Å². The van der Waals surface area contributed by atoms with E-state index in [0.717, 1.165) is 5.56 Å². The first-order chi connectivity index (χ1) is 7.18. The molecule has 0 radical (unpaired) electrons. The first-order valence-electron chi connectivity index (χ1n) is 5.19. The highest BCUT2D eigenvalue weighted by Crippen LogP contribution is 2.25. The molecule has 1 aromatic rings. The molecule has 2 rings (SSSR count). The maximum absolute atomic E-state index is 12.1. The molecular formula is C11H14INOS. The molecule has 0 N–H and O–H groups in total. The van der Waals surface area contributed by atoms with E-state index in [-0.39, 0.29) is 5.91 Å². The highest BCUT2D eigenvalue weighted by molar-refractivity contribution is 14.1. The molecule has 0 unspecified atom stereocenters. The Bertz CT molecular complexity index is 357. The number of carbonyl (C=O) groups is 1. The van der Waals surface area contributed by atoms with Crippen LogP contribution in [0, 0.1) is 2.88 Å². The molecule has 1 aliphatic carbocycles. The van der Waals surface area contributed by atoms with Crippen LogP contribution in [0.1, 0.15) is 36.0 Å². The molecule has 15 heavy (non-hydrogen) atoms. The summed E-state index contributed by atoms with van der Waals surface area (Å²) in [5.41, 5.74) is 0.846. The number of hydrogen-bond acceptors (Lipinski definition) is 2. The van der Waals surface area contributed by atoms with E-state index in [9.17, 15) is 4.79 Å². The van der Waals surface area contributed by atoms with Crippen molar-refractivity contribution in [3.63, 3.8) is 0 Å². The summed E-state index contributed by atoms with van der Waals surface area (Å²) >= 11 is 3.89. The summed E-state index contributed by atoms with van der Waals surface area (Å²) in [5, 5.41) is 1.95. The van der Waals surface area contributed by atoms with Gasteiger partial charge in [-0.15, -0.1) is 11.3 Å². The molecule has 4 heteroatoms. The fourth-order valence-corrected chi connectivity index (χ4v) is 3.40. The first-order valence-corrected chi connectivity index (χ1v) is 7.15. The molecule has 0 atom stereocenters. The molecular weight excluding hydrogens is 321 g/mol. The third kappa shape index (κ3) is 2.53. The van der Waals surface area contributed by atoms with Gasteiger partial charge in [0, 0.05) is 18.5 Å². The van der Waals surface area contributed by atoms with E-state index in [1.807, 2.05) is 23.4 Å². The van der Waals surface area contributed by atoms with Gasteiger partial charge in [0.25, 0.3) is 5.91 Å². The average molecular weight is 335 g/mol. The first kappa shape index (κ1) is 11.4. The lowest BCUT2D eigenvalue weighted by Crippen LogP contribution is -2.34. The smallest absolute Gasteiger partial charge is 0.254 e. The fraction of sp³-hybridized carbons (Fsp3) is 0.545. The van der Waals surface area contributed by atoms with Gasteiger partial charge in [-0.2, -0.15) is 0 Å². The lowest BCUT2D eigenvalue weighted by Gasteiger charge is -2.23. The molecule has 1 fully saturated rings. The molecule has 1 amide bonds. The maximum Gasteiger partial charge on any atom is 0.254 e. The minimum absolute atomic E-state index is 0.182. The van der Waals surface area contributed by atoms with Gasteiger partial charge in [0.1, 0.15) is 0 Å². The van der Waals surface area contributed by atoms with Gasteiger partial charge in [-0.3, -0.25) is 4.79 Å². The van der Waals surface area contributed by atoms with Crippen LogP contribution in [-0.2, 0) is 0 Å². The normalized spacial score (nSPS) is 16.9. The topological polar surface area (TPSA) is 20.3 Å². The number of nitrogens with zero attached hydrogens (tertiary/aromatic N) is 1. The predicted octanol–water partition coefficient (Wildman–Crippen LogP) is 3.37. The zero-order chi connectivity index (χ0) is 10.8. The summed E-state index contributed by atoms with van der Waals surface area (Å²) in [7, 11) is 1.93. The molecule has 82 valence electrons. The van der Waals surface area contributed by atoms with Crippen molar-refractivity contribution in [3.8, 4) is 0 Å². The monoisotopic (exact) mass is 335 g/mol. The van der Waals surface area contributed by atoms with Crippen molar-refractivity contribution in [3.05, 3.63) is 19.9 Å². The van der Waals surface area contributed by atoms with E-state index in [0.29, 0.717) is 6.04 Å². The molecule has 1 aromatic heterocycles. The second kappa shape index (κ2) is 4.82. The minimum Gasteiger partial charge on any atom is -0.339 e. The molecule has 1 aliphatic rings. The van der Waals surface area contributed by atoms with Crippen LogP contribution in [-0.4, -0.2) is 23.9 Å². The van der Waals surface area contributed by atoms with Crippen LogP contribution in [0.15, 0.2) is 11.4 Å². The largest absolute Gasteiger partial charge is 0.339 e. The minimum atomic E-state index is 0.182. The van der Waals surface area contributed by atoms with Gasteiger partial charge in [0.05, 0.1) is 8.45 Å². The van der Waals surface area contributed by atoms with Crippen LogP contribution in [0.3, 0.4) is 0 Å². The van der Waals surface area contributed by atoms with Crippen LogP contribution in [0.2, 0.25) is 0 Å². The number of hydrogen-bond donors (Lipinski definition) is 0. The van der Waals surface area contributed by atoms with Crippen LogP contribution in [0.25, 0.3) is 0 Å². The van der Waals surface area contributed by atoms with Gasteiger partial charge >= 0.3 is 0 Å². The van der Waals surface area contributed by atoms with E-state index in [1.54, 1.807) is 11.3 Å². The number of rotatable bonds is 2. The zero-order valence-electron chi connectivity index (χ0n) is 8.70. The summed E-state index contributed by atoms with van der Waals surface area (Å²) in [6.45, 7) is 0. The fourth-order valence-electron chi connectivity index (χ4n) is 2.08. The Hall–Kier alpha value is -0.100. The molecule has 0 aliphatic heterocycles. The van der Waals surface area contributed by atoms with Crippen molar-refractivity contribution in [2.75, 3.05) is 7.05 Å². The Morgan fingerprint density at radius 2 is 2.20 bits per heavy atom. The van der Waals surface area contributed by atoms with Crippen molar-refractivity contribution >= 4 is 39.8 Å². The third-order valence-corrected chi connectivity index (χ3v) is 4.80. The van der Waals surface area contributed by atoms with Gasteiger partial charge in [0.2, 0.25) is 0 Å². The summed E-state index contributed by atoms with van der Waals surface area (Å²) in [6.07, 6.45) is 4.87. The Kier molecular flexibility index (Phi) is 3.66. The van der Waals surface area contributed by atoms with Crippen LogP contribution < -0.4 is 0 Å². The Balaban J connectivity index is 2.06. The van der Waals surface area contributed by atoms with E-state index < -0.39 is 0 Å². The lowest BCUT2D eigenvalue weighted by molar-refractivity contribution is 0.0735. The van der Waals surface area contributed by atoms with E-state index in [1.165, 1.54) is 28.6 Å². The summed E-state index contributed by atoms with van der Waals surface area (Å²) in [4.78, 5) is 14.0. The maximum atomic E-state index is 12.1.